The predicted octanol–water partition coefficient (Wildman–Crippen LogP) is 2.95. The summed E-state index contributed by atoms with van der Waals surface area (Å²) in [6.07, 6.45) is 4.64. The molecule has 3 N–H and O–H groups in total. The summed E-state index contributed by atoms with van der Waals surface area (Å²) in [6, 6.07) is 0.407. The Kier molecular flexibility index (Phi) is 4.91. The quantitative estimate of drug-likeness (QED) is 0.611. The van der Waals surface area contributed by atoms with Crippen LogP contribution < -0.4 is 11.3 Å². The monoisotopic (exact) mass is 268 g/mol. The molecule has 0 amide bonds. The van der Waals surface area contributed by atoms with Gasteiger partial charge in [0.15, 0.2) is 0 Å². The molecule has 1 aliphatic carbocycles. The fourth-order valence-corrected chi connectivity index (χ4v) is 4.39. The largest absolute Gasteiger partial charge is 0.375 e. The van der Waals surface area contributed by atoms with Gasteiger partial charge in [-0.15, -0.1) is 0 Å². The lowest BCUT2D eigenvalue weighted by atomic mass is 9.68. The molecule has 1 heterocycles. The molecule has 2 fully saturated rings. The normalized spacial score (nSPS) is 49.3. The van der Waals surface area contributed by atoms with Gasteiger partial charge in [-0.2, -0.15) is 0 Å². The van der Waals surface area contributed by atoms with E-state index in [2.05, 4.69) is 40.0 Å². The topological polar surface area (TPSA) is 47.3 Å². The van der Waals surface area contributed by atoms with Gasteiger partial charge < -0.3 is 4.74 Å². The average Bonchev–Trinajstić information content (AvgIpc) is 2.61. The van der Waals surface area contributed by atoms with Gasteiger partial charge in [-0.3, -0.25) is 11.3 Å². The maximum Gasteiger partial charge on any atom is 0.0597 e. The van der Waals surface area contributed by atoms with E-state index < -0.39 is 0 Å². The first-order valence-electron chi connectivity index (χ1n) is 8.07. The summed E-state index contributed by atoms with van der Waals surface area (Å²) in [4.78, 5) is 0. The zero-order chi connectivity index (χ0) is 14.2. The lowest BCUT2D eigenvalue weighted by Crippen LogP contribution is -2.51. The van der Waals surface area contributed by atoms with Crippen molar-refractivity contribution in [3.05, 3.63) is 0 Å². The Balaban J connectivity index is 2.07. The minimum absolute atomic E-state index is 0.320. The zero-order valence-corrected chi connectivity index (χ0v) is 13.2. The van der Waals surface area contributed by atoms with E-state index in [9.17, 15) is 0 Å². The Morgan fingerprint density at radius 2 is 1.68 bits per heavy atom. The summed E-state index contributed by atoms with van der Waals surface area (Å²) < 4.78 is 6.01. The predicted molar refractivity (Wildman–Crippen MR) is 79.4 cm³/mol. The van der Waals surface area contributed by atoms with Crippen LogP contribution in [0.4, 0.5) is 0 Å². The maximum absolute atomic E-state index is 6.01. The van der Waals surface area contributed by atoms with Crippen molar-refractivity contribution in [1.82, 2.24) is 5.43 Å². The molecule has 1 saturated carbocycles. The lowest BCUT2D eigenvalue weighted by Gasteiger charge is -2.40. The van der Waals surface area contributed by atoms with Gasteiger partial charge in [0.2, 0.25) is 0 Å². The van der Waals surface area contributed by atoms with Gasteiger partial charge in [-0.25, -0.2) is 0 Å². The number of hydrogen-bond acceptors (Lipinski definition) is 3. The van der Waals surface area contributed by atoms with E-state index in [1.54, 1.807) is 0 Å². The molecule has 2 rings (SSSR count). The first-order chi connectivity index (χ1) is 8.95. The van der Waals surface area contributed by atoms with E-state index in [4.69, 9.17) is 10.6 Å². The van der Waals surface area contributed by atoms with Crippen LogP contribution in [0.5, 0.6) is 0 Å². The Labute approximate surface area is 118 Å². The van der Waals surface area contributed by atoms with E-state index in [-0.39, 0.29) is 0 Å². The Bertz CT molecular complexity index is 296. The van der Waals surface area contributed by atoms with Crippen LogP contribution in [0.15, 0.2) is 0 Å². The van der Waals surface area contributed by atoms with Crippen LogP contribution >= 0.6 is 0 Å². The molecule has 0 aromatic carbocycles. The lowest BCUT2D eigenvalue weighted by molar-refractivity contribution is 0.0399. The number of nitrogens with two attached hydrogens (primary N) is 1. The Morgan fingerprint density at radius 3 is 2.16 bits per heavy atom. The molecule has 8 atom stereocenters. The molecule has 19 heavy (non-hydrogen) atoms. The molecule has 0 bridgehead atoms. The molecular weight excluding hydrogens is 236 g/mol. The summed E-state index contributed by atoms with van der Waals surface area (Å²) in [6.45, 7) is 11.5. The number of hydrazine groups is 1. The zero-order valence-electron chi connectivity index (χ0n) is 13.2. The van der Waals surface area contributed by atoms with Crippen molar-refractivity contribution >= 4 is 0 Å². The van der Waals surface area contributed by atoms with Crippen LogP contribution in [-0.4, -0.2) is 18.2 Å². The SMILES string of the molecule is CC1CCC(C(NN)C2C(C)OC(C)C2C)CC1C. The van der Waals surface area contributed by atoms with Crippen molar-refractivity contribution in [2.24, 2.45) is 35.4 Å². The molecule has 3 nitrogen and oxygen atoms in total. The van der Waals surface area contributed by atoms with Crippen molar-refractivity contribution in [2.45, 2.75) is 72.1 Å². The van der Waals surface area contributed by atoms with Crippen LogP contribution in [0.2, 0.25) is 0 Å². The van der Waals surface area contributed by atoms with Crippen LogP contribution in [-0.2, 0) is 4.74 Å². The molecule has 1 saturated heterocycles. The van der Waals surface area contributed by atoms with Gasteiger partial charge in [-0.1, -0.05) is 27.2 Å². The number of nitrogens with one attached hydrogen (secondary N) is 1. The fraction of sp³-hybridized carbons (Fsp3) is 1.00. The van der Waals surface area contributed by atoms with Gasteiger partial charge in [-0.05, 0) is 50.4 Å². The maximum atomic E-state index is 6.01. The standard InChI is InChI=1S/C16H32N2O/c1-9-6-7-14(8-10(9)2)16(18-17)15-11(3)12(4)19-13(15)5/h9-16,18H,6-8,17H2,1-5H3. The molecule has 0 aromatic rings. The van der Waals surface area contributed by atoms with Gasteiger partial charge in [0.25, 0.3) is 0 Å². The highest BCUT2D eigenvalue weighted by atomic mass is 16.5. The van der Waals surface area contributed by atoms with Gasteiger partial charge in [0.1, 0.15) is 0 Å². The third-order valence-corrected chi connectivity index (χ3v) is 6.07. The van der Waals surface area contributed by atoms with E-state index >= 15 is 0 Å². The second-order valence-electron chi connectivity index (χ2n) is 7.20. The molecule has 1 aliphatic heterocycles. The summed E-state index contributed by atoms with van der Waals surface area (Å²) in [5.74, 6) is 9.46. The second kappa shape index (κ2) is 6.11. The van der Waals surface area contributed by atoms with Crippen molar-refractivity contribution in [3.63, 3.8) is 0 Å². The van der Waals surface area contributed by atoms with Crippen molar-refractivity contribution in [1.29, 1.82) is 0 Å². The first kappa shape index (κ1) is 15.3. The highest BCUT2D eigenvalue weighted by Crippen LogP contribution is 2.42. The molecule has 112 valence electrons. The third-order valence-electron chi connectivity index (χ3n) is 6.07. The molecular formula is C16H32N2O. The number of ether oxygens (including phenoxy) is 1. The van der Waals surface area contributed by atoms with Crippen molar-refractivity contribution in [3.8, 4) is 0 Å². The fourth-order valence-electron chi connectivity index (χ4n) is 4.39. The summed E-state index contributed by atoms with van der Waals surface area (Å²) in [7, 11) is 0. The van der Waals surface area contributed by atoms with Gasteiger partial charge in [0.05, 0.1) is 12.2 Å². The van der Waals surface area contributed by atoms with E-state index in [1.807, 2.05) is 0 Å². The first-order valence-corrected chi connectivity index (χ1v) is 8.07. The van der Waals surface area contributed by atoms with Crippen LogP contribution in [0.25, 0.3) is 0 Å². The van der Waals surface area contributed by atoms with Gasteiger partial charge >= 0.3 is 0 Å². The summed E-state index contributed by atoms with van der Waals surface area (Å²) >= 11 is 0. The highest BCUT2D eigenvalue weighted by Gasteiger charge is 2.44. The highest BCUT2D eigenvalue weighted by molar-refractivity contribution is 4.95. The van der Waals surface area contributed by atoms with E-state index in [0.717, 1.165) is 11.8 Å². The smallest absolute Gasteiger partial charge is 0.0597 e. The van der Waals surface area contributed by atoms with Crippen molar-refractivity contribution in [2.75, 3.05) is 0 Å². The molecule has 0 radical (unpaired) electrons. The average molecular weight is 268 g/mol. The minimum atomic E-state index is 0.320. The molecule has 2 aliphatic rings. The Hall–Kier alpha value is -0.120. The summed E-state index contributed by atoms with van der Waals surface area (Å²) in [5.41, 5.74) is 3.15. The van der Waals surface area contributed by atoms with E-state index in [0.29, 0.717) is 36.0 Å². The molecule has 0 spiro atoms. The van der Waals surface area contributed by atoms with Crippen LogP contribution in [0.1, 0.15) is 53.9 Å². The molecule has 0 aromatic heterocycles. The molecule has 3 heteroatoms. The van der Waals surface area contributed by atoms with E-state index in [1.165, 1.54) is 19.3 Å². The summed E-state index contributed by atoms with van der Waals surface area (Å²) in [5, 5.41) is 0. The van der Waals surface area contributed by atoms with Gasteiger partial charge in [0, 0.05) is 12.0 Å². The van der Waals surface area contributed by atoms with Crippen LogP contribution in [0, 0.1) is 29.6 Å². The minimum Gasteiger partial charge on any atom is -0.375 e. The second-order valence-corrected chi connectivity index (χ2v) is 7.20. The molecule has 8 unspecified atom stereocenters. The number of rotatable bonds is 3. The third kappa shape index (κ3) is 2.98. The van der Waals surface area contributed by atoms with Crippen LogP contribution in [0.3, 0.4) is 0 Å². The number of hydrogen-bond donors (Lipinski definition) is 2. The Morgan fingerprint density at radius 1 is 1.00 bits per heavy atom. The van der Waals surface area contributed by atoms with Crippen molar-refractivity contribution < 1.29 is 4.74 Å².